The van der Waals surface area contributed by atoms with E-state index >= 15 is 0 Å². The summed E-state index contributed by atoms with van der Waals surface area (Å²) >= 11 is 0. The number of methoxy groups -OCH3 is 1. The van der Waals surface area contributed by atoms with E-state index in [9.17, 15) is 13.2 Å². The third-order valence-electron chi connectivity index (χ3n) is 4.01. The number of nitrogens with zero attached hydrogens (tertiary/aromatic N) is 3. The predicted molar refractivity (Wildman–Crippen MR) is 89.6 cm³/mol. The first-order valence-electron chi connectivity index (χ1n) is 7.84. The van der Waals surface area contributed by atoms with Crippen LogP contribution in [-0.2, 0) is 6.18 Å². The minimum atomic E-state index is -4.51. The molecule has 0 bridgehead atoms. The average molecular weight is 349 g/mol. The zero-order chi connectivity index (χ0) is 18.4. The monoisotopic (exact) mass is 349 g/mol. The number of hydrogen-bond donors (Lipinski definition) is 0. The van der Waals surface area contributed by atoms with Gasteiger partial charge in [0, 0.05) is 11.6 Å². The van der Waals surface area contributed by atoms with Gasteiger partial charge >= 0.3 is 6.18 Å². The summed E-state index contributed by atoms with van der Waals surface area (Å²) in [4.78, 5) is 4.49. The Bertz CT molecular complexity index is 929. The van der Waals surface area contributed by atoms with Crippen LogP contribution in [-0.4, -0.2) is 21.9 Å². The highest BCUT2D eigenvalue weighted by atomic mass is 19.4. The molecule has 132 valence electrons. The van der Waals surface area contributed by atoms with Gasteiger partial charge in [0.25, 0.3) is 0 Å². The molecule has 0 spiro atoms. The van der Waals surface area contributed by atoms with Crippen LogP contribution in [0.25, 0.3) is 22.3 Å². The highest BCUT2D eigenvalue weighted by Gasteiger charge is 2.36. The molecule has 0 atom stereocenters. The van der Waals surface area contributed by atoms with E-state index in [0.29, 0.717) is 17.0 Å². The Balaban J connectivity index is 2.41. The number of hydrogen-bond acceptors (Lipinski definition) is 3. The van der Waals surface area contributed by atoms with Gasteiger partial charge in [-0.15, -0.1) is 0 Å². The van der Waals surface area contributed by atoms with Gasteiger partial charge in [-0.05, 0) is 39.0 Å². The summed E-state index contributed by atoms with van der Waals surface area (Å²) in [5.74, 6) is 0.467. The van der Waals surface area contributed by atoms with Gasteiger partial charge in [-0.2, -0.15) is 18.3 Å². The number of aryl methyl sites for hydroxylation is 1. The Morgan fingerprint density at radius 3 is 2.44 bits per heavy atom. The van der Waals surface area contributed by atoms with E-state index in [4.69, 9.17) is 4.74 Å². The molecule has 0 aliphatic carbocycles. The molecule has 2 aromatic heterocycles. The summed E-state index contributed by atoms with van der Waals surface area (Å²) in [5.41, 5.74) is 0.520. The van der Waals surface area contributed by atoms with Gasteiger partial charge in [0.1, 0.15) is 5.75 Å². The summed E-state index contributed by atoms with van der Waals surface area (Å²) < 4.78 is 47.9. The SMILES string of the molecule is COc1ccccc1-c1cc(C(F)(F)F)c2c(C)nn(C(C)C)c2n1. The number of benzene rings is 1. The lowest BCUT2D eigenvalue weighted by atomic mass is 10.0. The molecule has 0 N–H and O–H groups in total. The fourth-order valence-corrected chi connectivity index (χ4v) is 2.89. The van der Waals surface area contributed by atoms with Crippen molar-refractivity contribution < 1.29 is 17.9 Å². The van der Waals surface area contributed by atoms with Crippen molar-refractivity contribution in [3.8, 4) is 17.0 Å². The van der Waals surface area contributed by atoms with Gasteiger partial charge in [0.05, 0.1) is 29.4 Å². The molecule has 0 saturated carbocycles. The van der Waals surface area contributed by atoms with Crippen molar-refractivity contribution in [2.45, 2.75) is 33.0 Å². The lowest BCUT2D eigenvalue weighted by molar-refractivity contribution is -0.136. The molecule has 0 fully saturated rings. The van der Waals surface area contributed by atoms with Crippen LogP contribution in [0, 0.1) is 6.92 Å². The van der Waals surface area contributed by atoms with E-state index in [1.807, 2.05) is 13.8 Å². The third-order valence-corrected chi connectivity index (χ3v) is 4.01. The second-order valence-corrected chi connectivity index (χ2v) is 6.08. The van der Waals surface area contributed by atoms with Gasteiger partial charge in [-0.3, -0.25) is 0 Å². The van der Waals surface area contributed by atoms with E-state index in [1.165, 1.54) is 11.8 Å². The van der Waals surface area contributed by atoms with Crippen molar-refractivity contribution in [2.24, 2.45) is 0 Å². The Hall–Kier alpha value is -2.57. The van der Waals surface area contributed by atoms with Crippen molar-refractivity contribution >= 4 is 11.0 Å². The van der Waals surface area contributed by atoms with Crippen molar-refractivity contribution in [2.75, 3.05) is 7.11 Å². The van der Waals surface area contributed by atoms with E-state index in [-0.39, 0.29) is 22.8 Å². The molecular weight excluding hydrogens is 331 g/mol. The number of alkyl halides is 3. The molecule has 3 aromatic rings. The number of ether oxygens (including phenoxy) is 1. The number of halogens is 3. The lowest BCUT2D eigenvalue weighted by Crippen LogP contribution is -2.09. The van der Waals surface area contributed by atoms with Crippen LogP contribution in [0.15, 0.2) is 30.3 Å². The molecule has 0 radical (unpaired) electrons. The predicted octanol–water partition coefficient (Wildman–Crippen LogP) is 5.02. The minimum Gasteiger partial charge on any atom is -0.496 e. The van der Waals surface area contributed by atoms with Crippen LogP contribution in [0.4, 0.5) is 13.2 Å². The molecule has 1 aromatic carbocycles. The van der Waals surface area contributed by atoms with Gasteiger partial charge in [0.15, 0.2) is 5.65 Å². The molecule has 0 amide bonds. The molecule has 0 unspecified atom stereocenters. The summed E-state index contributed by atoms with van der Waals surface area (Å²) in [6, 6.07) is 7.84. The first kappa shape index (κ1) is 17.3. The maximum Gasteiger partial charge on any atom is 0.417 e. The van der Waals surface area contributed by atoms with Crippen LogP contribution in [0.2, 0.25) is 0 Å². The fourth-order valence-electron chi connectivity index (χ4n) is 2.89. The Morgan fingerprint density at radius 2 is 1.84 bits per heavy atom. The van der Waals surface area contributed by atoms with E-state index in [0.717, 1.165) is 6.07 Å². The Morgan fingerprint density at radius 1 is 1.16 bits per heavy atom. The molecule has 7 heteroatoms. The molecule has 2 heterocycles. The number of aromatic nitrogens is 3. The number of para-hydroxylation sites is 1. The topological polar surface area (TPSA) is 39.9 Å². The first-order valence-corrected chi connectivity index (χ1v) is 7.84. The average Bonchev–Trinajstić information content (AvgIpc) is 2.90. The van der Waals surface area contributed by atoms with Gasteiger partial charge in [-0.25, -0.2) is 9.67 Å². The third kappa shape index (κ3) is 2.94. The van der Waals surface area contributed by atoms with Crippen LogP contribution < -0.4 is 4.74 Å². The van der Waals surface area contributed by atoms with Crippen molar-refractivity contribution in [1.82, 2.24) is 14.8 Å². The standard InChI is InChI=1S/C18H18F3N3O/c1-10(2)24-17-16(11(3)23-24)13(18(19,20)21)9-14(22-17)12-7-5-6-8-15(12)25-4/h5-10H,1-4H3. The number of rotatable bonds is 3. The molecule has 4 nitrogen and oxygen atoms in total. The van der Waals surface area contributed by atoms with Crippen LogP contribution >= 0.6 is 0 Å². The minimum absolute atomic E-state index is 0.0415. The second-order valence-electron chi connectivity index (χ2n) is 6.08. The van der Waals surface area contributed by atoms with Crippen molar-refractivity contribution in [3.63, 3.8) is 0 Å². The van der Waals surface area contributed by atoms with Gasteiger partial charge < -0.3 is 4.74 Å². The smallest absolute Gasteiger partial charge is 0.417 e. The van der Waals surface area contributed by atoms with Crippen LogP contribution in [0.1, 0.15) is 31.1 Å². The van der Waals surface area contributed by atoms with Crippen molar-refractivity contribution in [3.05, 3.63) is 41.6 Å². The highest BCUT2D eigenvalue weighted by molar-refractivity contribution is 5.86. The second kappa shape index (κ2) is 6.06. The molecule has 3 rings (SSSR count). The summed E-state index contributed by atoms with van der Waals surface area (Å²) in [6.07, 6.45) is -4.51. The van der Waals surface area contributed by atoms with Crippen LogP contribution in [0.3, 0.4) is 0 Å². The van der Waals surface area contributed by atoms with Crippen LogP contribution in [0.5, 0.6) is 5.75 Å². The zero-order valence-corrected chi connectivity index (χ0v) is 14.3. The van der Waals surface area contributed by atoms with E-state index in [2.05, 4.69) is 10.1 Å². The van der Waals surface area contributed by atoms with Gasteiger partial charge in [-0.1, -0.05) is 12.1 Å². The summed E-state index contributed by atoms with van der Waals surface area (Å²) in [6.45, 7) is 5.29. The quantitative estimate of drug-likeness (QED) is 0.667. The zero-order valence-electron chi connectivity index (χ0n) is 14.3. The Labute approximate surface area is 143 Å². The molecular formula is C18H18F3N3O. The molecule has 0 saturated heterocycles. The Kier molecular flexibility index (Phi) is 4.18. The highest BCUT2D eigenvalue weighted by Crippen LogP contribution is 2.40. The summed E-state index contributed by atoms with van der Waals surface area (Å²) in [5, 5.41) is 4.31. The molecule has 25 heavy (non-hydrogen) atoms. The van der Waals surface area contributed by atoms with E-state index < -0.39 is 11.7 Å². The largest absolute Gasteiger partial charge is 0.496 e. The maximum absolute atomic E-state index is 13.7. The number of fused-ring (bicyclic) bond motifs is 1. The normalized spacial score (nSPS) is 12.2. The summed E-state index contributed by atoms with van der Waals surface area (Å²) in [7, 11) is 1.48. The van der Waals surface area contributed by atoms with E-state index in [1.54, 1.807) is 31.2 Å². The molecule has 0 aliphatic heterocycles. The fraction of sp³-hybridized carbons (Fsp3) is 0.333. The first-order chi connectivity index (χ1) is 11.7. The molecule has 0 aliphatic rings. The lowest BCUT2D eigenvalue weighted by Gasteiger charge is -2.14. The van der Waals surface area contributed by atoms with Gasteiger partial charge in [0.2, 0.25) is 0 Å². The number of pyridine rings is 1. The van der Waals surface area contributed by atoms with Crippen molar-refractivity contribution in [1.29, 1.82) is 0 Å². The maximum atomic E-state index is 13.7.